The molecule has 1 aromatic carbocycles. The molecule has 2 nitrogen and oxygen atoms in total. The van der Waals surface area contributed by atoms with Crippen LogP contribution in [0.15, 0.2) is 48.8 Å². The first-order valence-electron chi connectivity index (χ1n) is 5.73. The number of benzene rings is 1. The molecule has 0 saturated heterocycles. The summed E-state index contributed by atoms with van der Waals surface area (Å²) in [6.45, 7) is 4.28. The number of rotatable bonds is 3. The summed E-state index contributed by atoms with van der Waals surface area (Å²) < 4.78 is 0. The Morgan fingerprint density at radius 1 is 0.941 bits per heavy atom. The number of carbonyl (C=O) groups excluding carboxylic acids is 1. The van der Waals surface area contributed by atoms with Crippen LogP contribution in [-0.4, -0.2) is 10.8 Å². The molecule has 0 bridgehead atoms. The van der Waals surface area contributed by atoms with Crippen LogP contribution in [0.3, 0.4) is 0 Å². The molecule has 0 aliphatic carbocycles. The number of aromatic nitrogens is 1. The highest BCUT2D eigenvalue weighted by molar-refractivity contribution is 6.08. The van der Waals surface area contributed by atoms with Crippen molar-refractivity contribution in [2.24, 2.45) is 0 Å². The van der Waals surface area contributed by atoms with Crippen LogP contribution < -0.4 is 0 Å². The Bertz CT molecular complexity index is 500. The van der Waals surface area contributed by atoms with E-state index in [0.29, 0.717) is 11.5 Å². The van der Waals surface area contributed by atoms with Crippen LogP contribution in [-0.2, 0) is 0 Å². The smallest absolute Gasteiger partial charge is 0.193 e. The molecule has 1 aromatic heterocycles. The highest BCUT2D eigenvalue weighted by atomic mass is 16.1. The molecule has 0 spiro atoms. The van der Waals surface area contributed by atoms with E-state index in [1.165, 1.54) is 5.56 Å². The number of carbonyl (C=O) groups is 1. The zero-order valence-electron chi connectivity index (χ0n) is 10.1. The number of pyridine rings is 1. The molecule has 0 radical (unpaired) electrons. The third-order valence-electron chi connectivity index (χ3n) is 2.78. The van der Waals surface area contributed by atoms with Gasteiger partial charge in [-0.3, -0.25) is 9.78 Å². The minimum absolute atomic E-state index is 0.0442. The average Bonchev–Trinajstić information content (AvgIpc) is 2.39. The molecule has 2 heteroatoms. The lowest BCUT2D eigenvalue weighted by molar-refractivity contribution is 0.103. The van der Waals surface area contributed by atoms with E-state index in [1.54, 1.807) is 24.5 Å². The monoisotopic (exact) mass is 225 g/mol. The van der Waals surface area contributed by atoms with E-state index in [0.717, 1.165) is 5.56 Å². The lowest BCUT2D eigenvalue weighted by atomic mass is 9.98. The van der Waals surface area contributed by atoms with Crippen LogP contribution >= 0.6 is 0 Å². The summed E-state index contributed by atoms with van der Waals surface area (Å²) in [7, 11) is 0. The molecule has 17 heavy (non-hydrogen) atoms. The highest BCUT2D eigenvalue weighted by Gasteiger charge is 2.08. The topological polar surface area (TPSA) is 30.0 Å². The molecule has 86 valence electrons. The second-order valence-electron chi connectivity index (χ2n) is 4.34. The minimum atomic E-state index is 0.0442. The Balaban J connectivity index is 2.27. The molecule has 0 fully saturated rings. The van der Waals surface area contributed by atoms with Gasteiger partial charge in [-0.25, -0.2) is 0 Å². The van der Waals surface area contributed by atoms with E-state index in [4.69, 9.17) is 0 Å². The Morgan fingerprint density at radius 3 is 2.00 bits per heavy atom. The first-order valence-corrected chi connectivity index (χ1v) is 5.73. The quantitative estimate of drug-likeness (QED) is 0.749. The maximum atomic E-state index is 12.1. The average molecular weight is 225 g/mol. The Hall–Kier alpha value is -1.96. The maximum Gasteiger partial charge on any atom is 0.193 e. The second kappa shape index (κ2) is 4.91. The van der Waals surface area contributed by atoms with E-state index in [2.05, 4.69) is 18.8 Å². The van der Waals surface area contributed by atoms with Crippen molar-refractivity contribution in [1.29, 1.82) is 0 Å². The van der Waals surface area contributed by atoms with E-state index in [9.17, 15) is 4.79 Å². The van der Waals surface area contributed by atoms with Gasteiger partial charge in [0.2, 0.25) is 0 Å². The third-order valence-corrected chi connectivity index (χ3v) is 2.78. The van der Waals surface area contributed by atoms with Crippen molar-refractivity contribution in [2.75, 3.05) is 0 Å². The Kier molecular flexibility index (Phi) is 3.33. The van der Waals surface area contributed by atoms with Gasteiger partial charge in [-0.2, -0.15) is 0 Å². The van der Waals surface area contributed by atoms with Crippen LogP contribution in [0.5, 0.6) is 0 Å². The predicted molar refractivity (Wildman–Crippen MR) is 68.2 cm³/mol. The lowest BCUT2D eigenvalue weighted by Gasteiger charge is -2.06. The standard InChI is InChI=1S/C15H15NO/c1-11(2)12-3-5-13(6-4-12)15(17)14-7-9-16-10-8-14/h3-11H,1-2H3. The van der Waals surface area contributed by atoms with Crippen molar-refractivity contribution in [2.45, 2.75) is 19.8 Å². The number of hydrogen-bond acceptors (Lipinski definition) is 2. The number of ketones is 1. The van der Waals surface area contributed by atoms with Crippen molar-refractivity contribution in [3.8, 4) is 0 Å². The van der Waals surface area contributed by atoms with Gasteiger partial charge in [0.1, 0.15) is 0 Å². The molecule has 2 rings (SSSR count). The van der Waals surface area contributed by atoms with Gasteiger partial charge in [0.05, 0.1) is 0 Å². The molecule has 0 unspecified atom stereocenters. The summed E-state index contributed by atoms with van der Waals surface area (Å²) in [4.78, 5) is 16.0. The Morgan fingerprint density at radius 2 is 1.47 bits per heavy atom. The van der Waals surface area contributed by atoms with Crippen molar-refractivity contribution in [1.82, 2.24) is 4.98 Å². The van der Waals surface area contributed by atoms with Crippen LogP contribution in [0.25, 0.3) is 0 Å². The minimum Gasteiger partial charge on any atom is -0.289 e. The summed E-state index contributed by atoms with van der Waals surface area (Å²) in [6.07, 6.45) is 3.27. The van der Waals surface area contributed by atoms with Crippen LogP contribution in [0.2, 0.25) is 0 Å². The predicted octanol–water partition coefficient (Wildman–Crippen LogP) is 3.44. The summed E-state index contributed by atoms with van der Waals surface area (Å²) >= 11 is 0. The van der Waals surface area contributed by atoms with Gasteiger partial charge in [0, 0.05) is 23.5 Å². The largest absolute Gasteiger partial charge is 0.289 e. The van der Waals surface area contributed by atoms with Gasteiger partial charge in [-0.1, -0.05) is 38.1 Å². The molecular weight excluding hydrogens is 210 g/mol. The third kappa shape index (κ3) is 2.59. The lowest BCUT2D eigenvalue weighted by Crippen LogP contribution is -2.01. The zero-order valence-corrected chi connectivity index (χ0v) is 10.1. The molecular formula is C15H15NO. The maximum absolute atomic E-state index is 12.1. The molecule has 0 aliphatic heterocycles. The fourth-order valence-corrected chi connectivity index (χ4v) is 1.69. The summed E-state index contributed by atoms with van der Waals surface area (Å²) in [5, 5.41) is 0. The molecule has 0 amide bonds. The Labute approximate surface area is 101 Å². The number of hydrogen-bond donors (Lipinski definition) is 0. The SMILES string of the molecule is CC(C)c1ccc(C(=O)c2ccncc2)cc1. The van der Waals surface area contributed by atoms with Gasteiger partial charge < -0.3 is 0 Å². The first kappa shape index (κ1) is 11.5. The molecule has 1 heterocycles. The van der Waals surface area contributed by atoms with Gasteiger partial charge in [0.25, 0.3) is 0 Å². The molecule has 2 aromatic rings. The van der Waals surface area contributed by atoms with Gasteiger partial charge in [0.15, 0.2) is 5.78 Å². The second-order valence-corrected chi connectivity index (χ2v) is 4.34. The normalized spacial score (nSPS) is 10.5. The van der Waals surface area contributed by atoms with E-state index in [1.807, 2.05) is 24.3 Å². The van der Waals surface area contributed by atoms with Crippen LogP contribution in [0, 0.1) is 0 Å². The summed E-state index contributed by atoms with van der Waals surface area (Å²) in [5.74, 6) is 0.530. The van der Waals surface area contributed by atoms with Gasteiger partial charge in [-0.05, 0) is 23.6 Å². The highest BCUT2D eigenvalue weighted by Crippen LogP contribution is 2.16. The van der Waals surface area contributed by atoms with Crippen molar-refractivity contribution in [3.63, 3.8) is 0 Å². The zero-order chi connectivity index (χ0) is 12.3. The van der Waals surface area contributed by atoms with E-state index in [-0.39, 0.29) is 5.78 Å². The fourth-order valence-electron chi connectivity index (χ4n) is 1.69. The molecule has 0 N–H and O–H groups in total. The molecule has 0 saturated carbocycles. The van der Waals surface area contributed by atoms with E-state index < -0.39 is 0 Å². The summed E-state index contributed by atoms with van der Waals surface area (Å²) in [6, 6.07) is 11.3. The fraction of sp³-hybridized carbons (Fsp3) is 0.200. The van der Waals surface area contributed by atoms with Crippen molar-refractivity contribution in [3.05, 3.63) is 65.5 Å². The molecule has 0 aliphatic rings. The van der Waals surface area contributed by atoms with Gasteiger partial charge >= 0.3 is 0 Å². The van der Waals surface area contributed by atoms with Crippen LogP contribution in [0.4, 0.5) is 0 Å². The summed E-state index contributed by atoms with van der Waals surface area (Å²) in [5.41, 5.74) is 2.65. The van der Waals surface area contributed by atoms with Crippen molar-refractivity contribution >= 4 is 5.78 Å². The first-order chi connectivity index (χ1) is 8.18. The van der Waals surface area contributed by atoms with Crippen LogP contribution in [0.1, 0.15) is 41.3 Å². The van der Waals surface area contributed by atoms with E-state index >= 15 is 0 Å². The van der Waals surface area contributed by atoms with Crippen molar-refractivity contribution < 1.29 is 4.79 Å². The number of nitrogens with zero attached hydrogens (tertiary/aromatic N) is 1. The molecule has 0 atom stereocenters. The van der Waals surface area contributed by atoms with Gasteiger partial charge in [-0.15, -0.1) is 0 Å².